The quantitative estimate of drug-likeness (QED) is 0.359. The minimum Gasteiger partial charge on any atom is -0.497 e. The number of ether oxygens (including phenoxy) is 1. The third-order valence-electron chi connectivity index (χ3n) is 4.76. The summed E-state index contributed by atoms with van der Waals surface area (Å²) in [5.41, 5.74) is 5.68. The van der Waals surface area contributed by atoms with E-state index in [2.05, 4.69) is 58.3 Å². The second-order valence-corrected chi connectivity index (χ2v) is 8.78. The Hall–Kier alpha value is -2.44. The van der Waals surface area contributed by atoms with Gasteiger partial charge in [0, 0.05) is 28.7 Å². The summed E-state index contributed by atoms with van der Waals surface area (Å²) in [5.74, 6) is 2.68. The number of pyridine rings is 1. The maximum absolute atomic E-state index is 5.28. The number of fused-ring (bicyclic) bond motifs is 1. The maximum Gasteiger partial charge on any atom is 0.166 e. The van der Waals surface area contributed by atoms with Crippen molar-refractivity contribution < 1.29 is 4.74 Å². The van der Waals surface area contributed by atoms with E-state index in [4.69, 9.17) is 4.74 Å². The Bertz CT molecular complexity index is 1100. The number of nitrogens with zero attached hydrogens (tertiary/aromatic N) is 2. The number of hydrogen-bond acceptors (Lipinski definition) is 5. The standard InChI is InChI=1S/C23H23N3OS2/c1-16-21(15-29-23-25-19-9-8-18(27-2)14-20(19)26-23)24-12-10-22(16)28-13-11-17-6-4-3-5-7-17/h3-10,12,14H,11,13,15H2,1-2H3,(H,25,26). The number of imidazole rings is 1. The molecule has 1 N–H and O–H groups in total. The van der Waals surface area contributed by atoms with Crippen molar-refractivity contribution in [1.29, 1.82) is 0 Å². The third-order valence-corrected chi connectivity index (χ3v) is 6.81. The summed E-state index contributed by atoms with van der Waals surface area (Å²) < 4.78 is 5.28. The third kappa shape index (κ3) is 4.95. The zero-order chi connectivity index (χ0) is 20.1. The number of hydrogen-bond donors (Lipinski definition) is 1. The Labute approximate surface area is 179 Å². The number of nitrogens with one attached hydrogen (secondary N) is 1. The molecule has 6 heteroatoms. The fourth-order valence-corrected chi connectivity index (χ4v) is 5.04. The van der Waals surface area contributed by atoms with Crippen molar-refractivity contribution in [3.8, 4) is 5.75 Å². The Morgan fingerprint density at radius 3 is 2.72 bits per heavy atom. The van der Waals surface area contributed by atoms with Crippen LogP contribution in [0.2, 0.25) is 0 Å². The lowest BCUT2D eigenvalue weighted by atomic mass is 10.2. The summed E-state index contributed by atoms with van der Waals surface area (Å²) in [6.45, 7) is 2.16. The van der Waals surface area contributed by atoms with Gasteiger partial charge < -0.3 is 9.72 Å². The first-order valence-electron chi connectivity index (χ1n) is 9.50. The fraction of sp³-hybridized carbons (Fsp3) is 0.217. The van der Waals surface area contributed by atoms with Gasteiger partial charge in [-0.25, -0.2) is 4.98 Å². The molecule has 4 aromatic rings. The van der Waals surface area contributed by atoms with Gasteiger partial charge in [-0.3, -0.25) is 4.98 Å². The number of rotatable bonds is 8. The lowest BCUT2D eigenvalue weighted by Crippen LogP contribution is -1.95. The van der Waals surface area contributed by atoms with Crippen molar-refractivity contribution in [3.63, 3.8) is 0 Å². The molecule has 148 valence electrons. The molecular weight excluding hydrogens is 398 g/mol. The zero-order valence-electron chi connectivity index (χ0n) is 16.5. The van der Waals surface area contributed by atoms with Gasteiger partial charge in [0.25, 0.3) is 0 Å². The molecule has 29 heavy (non-hydrogen) atoms. The van der Waals surface area contributed by atoms with Gasteiger partial charge in [0.1, 0.15) is 5.75 Å². The van der Waals surface area contributed by atoms with E-state index in [1.807, 2.05) is 36.2 Å². The first-order chi connectivity index (χ1) is 14.2. The molecule has 0 spiro atoms. The van der Waals surface area contributed by atoms with Crippen LogP contribution in [0.4, 0.5) is 0 Å². The van der Waals surface area contributed by atoms with E-state index in [1.54, 1.807) is 18.9 Å². The molecule has 0 aliphatic heterocycles. The highest BCUT2D eigenvalue weighted by atomic mass is 32.2. The number of aromatic nitrogens is 3. The molecule has 2 aromatic carbocycles. The molecule has 0 unspecified atom stereocenters. The van der Waals surface area contributed by atoms with Crippen LogP contribution in [0.1, 0.15) is 16.8 Å². The molecule has 0 bridgehead atoms. The van der Waals surface area contributed by atoms with Gasteiger partial charge in [-0.1, -0.05) is 42.1 Å². The molecule has 0 aliphatic carbocycles. The highest BCUT2D eigenvalue weighted by molar-refractivity contribution is 7.99. The van der Waals surface area contributed by atoms with Gasteiger partial charge in [0.05, 0.1) is 23.8 Å². The topological polar surface area (TPSA) is 50.8 Å². The van der Waals surface area contributed by atoms with Crippen LogP contribution in [0.15, 0.2) is 70.8 Å². The largest absolute Gasteiger partial charge is 0.497 e. The van der Waals surface area contributed by atoms with Crippen molar-refractivity contribution in [2.75, 3.05) is 12.9 Å². The number of aromatic amines is 1. The number of thioether (sulfide) groups is 2. The molecule has 4 nitrogen and oxygen atoms in total. The molecule has 0 atom stereocenters. The van der Waals surface area contributed by atoms with Gasteiger partial charge in [-0.15, -0.1) is 11.8 Å². The summed E-state index contributed by atoms with van der Waals surface area (Å²) in [6, 6.07) is 18.6. The van der Waals surface area contributed by atoms with Gasteiger partial charge >= 0.3 is 0 Å². The highest BCUT2D eigenvalue weighted by Crippen LogP contribution is 2.29. The van der Waals surface area contributed by atoms with Crippen molar-refractivity contribution in [2.45, 2.75) is 29.1 Å². The van der Waals surface area contributed by atoms with Crippen molar-refractivity contribution in [3.05, 3.63) is 77.6 Å². The van der Waals surface area contributed by atoms with Gasteiger partial charge in [-0.2, -0.15) is 0 Å². The van der Waals surface area contributed by atoms with E-state index in [0.29, 0.717) is 0 Å². The maximum atomic E-state index is 5.28. The smallest absolute Gasteiger partial charge is 0.166 e. The SMILES string of the molecule is COc1ccc2nc(SCc3nccc(SCCc4ccccc4)c3C)[nH]c2c1. The zero-order valence-corrected chi connectivity index (χ0v) is 18.1. The van der Waals surface area contributed by atoms with Crippen LogP contribution in [-0.2, 0) is 12.2 Å². The molecule has 0 fully saturated rings. The molecular formula is C23H23N3OS2. The first kappa shape index (κ1) is 19.9. The lowest BCUT2D eigenvalue weighted by Gasteiger charge is -2.09. The average molecular weight is 422 g/mol. The van der Waals surface area contributed by atoms with E-state index in [-0.39, 0.29) is 0 Å². The minimum atomic E-state index is 0.788. The van der Waals surface area contributed by atoms with E-state index in [0.717, 1.165) is 45.6 Å². The molecule has 2 heterocycles. The number of benzene rings is 2. The van der Waals surface area contributed by atoms with Crippen LogP contribution >= 0.6 is 23.5 Å². The van der Waals surface area contributed by atoms with Crippen LogP contribution in [0, 0.1) is 6.92 Å². The summed E-state index contributed by atoms with van der Waals surface area (Å²) in [7, 11) is 1.67. The van der Waals surface area contributed by atoms with Crippen LogP contribution in [0.5, 0.6) is 5.75 Å². The number of H-pyrrole nitrogens is 1. The molecule has 0 saturated carbocycles. The number of aryl methyl sites for hydroxylation is 1. The first-order valence-corrected chi connectivity index (χ1v) is 11.5. The van der Waals surface area contributed by atoms with Crippen LogP contribution < -0.4 is 4.74 Å². The van der Waals surface area contributed by atoms with Gasteiger partial charge in [0.2, 0.25) is 0 Å². The molecule has 0 saturated heterocycles. The van der Waals surface area contributed by atoms with Crippen LogP contribution in [0.3, 0.4) is 0 Å². The average Bonchev–Trinajstić information content (AvgIpc) is 3.17. The highest BCUT2D eigenvalue weighted by Gasteiger charge is 2.10. The van der Waals surface area contributed by atoms with Gasteiger partial charge in [-0.05, 0) is 42.7 Å². The van der Waals surface area contributed by atoms with E-state index < -0.39 is 0 Å². The number of methoxy groups -OCH3 is 1. The van der Waals surface area contributed by atoms with E-state index in [9.17, 15) is 0 Å². The fourth-order valence-electron chi connectivity index (χ4n) is 3.08. The predicted molar refractivity (Wildman–Crippen MR) is 122 cm³/mol. The lowest BCUT2D eigenvalue weighted by molar-refractivity contribution is 0.415. The van der Waals surface area contributed by atoms with E-state index in [1.165, 1.54) is 16.0 Å². The van der Waals surface area contributed by atoms with Crippen molar-refractivity contribution in [2.24, 2.45) is 0 Å². The second-order valence-electron chi connectivity index (χ2n) is 6.68. The second kappa shape index (κ2) is 9.37. The van der Waals surface area contributed by atoms with Crippen LogP contribution in [0.25, 0.3) is 11.0 Å². The minimum absolute atomic E-state index is 0.788. The molecule has 4 rings (SSSR count). The molecule has 0 radical (unpaired) electrons. The molecule has 2 aromatic heterocycles. The molecule has 0 aliphatic rings. The Morgan fingerprint density at radius 2 is 1.90 bits per heavy atom. The van der Waals surface area contributed by atoms with Crippen molar-refractivity contribution in [1.82, 2.24) is 15.0 Å². The monoisotopic (exact) mass is 421 g/mol. The van der Waals surface area contributed by atoms with Crippen molar-refractivity contribution >= 4 is 34.6 Å². The Morgan fingerprint density at radius 1 is 1.03 bits per heavy atom. The van der Waals surface area contributed by atoms with Crippen LogP contribution in [-0.4, -0.2) is 27.8 Å². The Kier molecular flexibility index (Phi) is 6.42. The van der Waals surface area contributed by atoms with Gasteiger partial charge in [0.15, 0.2) is 5.16 Å². The Balaban J connectivity index is 1.39. The normalized spacial score (nSPS) is 11.1. The molecule has 0 amide bonds. The summed E-state index contributed by atoms with van der Waals surface area (Å²) >= 11 is 3.58. The summed E-state index contributed by atoms with van der Waals surface area (Å²) in [4.78, 5) is 13.9. The summed E-state index contributed by atoms with van der Waals surface area (Å²) in [5, 5.41) is 0.900. The van der Waals surface area contributed by atoms with E-state index >= 15 is 0 Å². The summed E-state index contributed by atoms with van der Waals surface area (Å²) in [6.07, 6.45) is 2.98. The predicted octanol–water partition coefficient (Wildman–Crippen LogP) is 5.90.